The summed E-state index contributed by atoms with van der Waals surface area (Å²) in [6, 6.07) is 7.49. The molecule has 5 nitrogen and oxygen atoms in total. The molecule has 0 saturated heterocycles. The Balaban J connectivity index is 2.36. The molecule has 2 aromatic heterocycles. The molecular weight excluding hydrogens is 284 g/mol. The lowest BCUT2D eigenvalue weighted by atomic mass is 10.2. The number of H-pyrrole nitrogens is 1. The number of hydrogen-bond donors (Lipinski definition) is 1. The summed E-state index contributed by atoms with van der Waals surface area (Å²) in [5.74, 6) is 0.00731. The lowest BCUT2D eigenvalue weighted by Gasteiger charge is -2.19. The maximum Gasteiger partial charge on any atom is 0.244 e. The van der Waals surface area contributed by atoms with Crippen molar-refractivity contribution in [1.82, 2.24) is 19.4 Å². The first-order chi connectivity index (χ1) is 10.0. The minimum Gasteiger partial charge on any atom is -0.347 e. The highest BCUT2D eigenvalue weighted by molar-refractivity contribution is 7.71. The number of aromatic nitrogens is 3. The molecule has 1 N–H and O–H groups in total. The van der Waals surface area contributed by atoms with Crippen LogP contribution in [0, 0.1) is 4.77 Å². The summed E-state index contributed by atoms with van der Waals surface area (Å²) >= 11 is 5.41. The molecule has 0 aliphatic rings. The molecule has 3 rings (SSSR count). The number of aromatic amines is 1. The van der Waals surface area contributed by atoms with Gasteiger partial charge in [-0.05, 0) is 25.2 Å². The van der Waals surface area contributed by atoms with Gasteiger partial charge in [-0.1, -0.05) is 18.2 Å². The van der Waals surface area contributed by atoms with Gasteiger partial charge < -0.3 is 14.5 Å². The molecule has 0 bridgehead atoms. The van der Waals surface area contributed by atoms with E-state index in [0.29, 0.717) is 4.77 Å². The third-order valence-electron chi connectivity index (χ3n) is 3.63. The zero-order valence-electron chi connectivity index (χ0n) is 12.1. The average Bonchev–Trinajstić information content (AvgIpc) is 2.82. The van der Waals surface area contributed by atoms with E-state index in [4.69, 9.17) is 12.2 Å². The van der Waals surface area contributed by atoms with Crippen molar-refractivity contribution in [1.29, 1.82) is 0 Å². The van der Waals surface area contributed by atoms with E-state index in [1.165, 1.54) is 0 Å². The summed E-state index contributed by atoms with van der Waals surface area (Å²) in [4.78, 5) is 21.4. The van der Waals surface area contributed by atoms with Gasteiger partial charge in [0, 0.05) is 19.5 Å². The predicted octanol–water partition coefficient (Wildman–Crippen LogP) is 2.90. The Labute approximate surface area is 127 Å². The number of hydrogen-bond acceptors (Lipinski definition) is 3. The van der Waals surface area contributed by atoms with Gasteiger partial charge in [0.1, 0.15) is 6.04 Å². The Morgan fingerprint density at radius 3 is 2.81 bits per heavy atom. The minimum absolute atomic E-state index is 0.00731. The van der Waals surface area contributed by atoms with Gasteiger partial charge in [0.2, 0.25) is 5.91 Å². The van der Waals surface area contributed by atoms with E-state index in [-0.39, 0.29) is 11.9 Å². The molecular formula is C15H16N4OS. The second-order valence-corrected chi connectivity index (χ2v) is 5.63. The monoisotopic (exact) mass is 300 g/mol. The molecule has 0 saturated carbocycles. The van der Waals surface area contributed by atoms with Crippen LogP contribution in [-0.4, -0.2) is 39.4 Å². The van der Waals surface area contributed by atoms with Crippen LogP contribution in [0.5, 0.6) is 0 Å². The second-order valence-electron chi connectivity index (χ2n) is 5.25. The molecule has 2 heterocycles. The zero-order valence-corrected chi connectivity index (χ0v) is 12.9. The standard InChI is InChI=1S/C15H16N4OS/c1-9(14(20)18(2)3)19-13-10-6-4-5-7-11(10)16-8-12(13)17-15(19)21/h4-9H,1-3H3,(H,17,21). The van der Waals surface area contributed by atoms with E-state index in [0.717, 1.165) is 21.9 Å². The summed E-state index contributed by atoms with van der Waals surface area (Å²) in [6.45, 7) is 1.86. The van der Waals surface area contributed by atoms with Gasteiger partial charge in [0.25, 0.3) is 0 Å². The Morgan fingerprint density at radius 2 is 2.10 bits per heavy atom. The lowest BCUT2D eigenvalue weighted by Crippen LogP contribution is -2.30. The molecule has 1 amide bonds. The van der Waals surface area contributed by atoms with Gasteiger partial charge in [-0.3, -0.25) is 9.78 Å². The normalized spacial score (nSPS) is 12.7. The topological polar surface area (TPSA) is 53.9 Å². The number of imidazole rings is 1. The van der Waals surface area contributed by atoms with Crippen LogP contribution in [-0.2, 0) is 4.79 Å². The van der Waals surface area contributed by atoms with Gasteiger partial charge in [-0.25, -0.2) is 0 Å². The smallest absolute Gasteiger partial charge is 0.244 e. The summed E-state index contributed by atoms with van der Waals surface area (Å²) in [5.41, 5.74) is 2.66. The third kappa shape index (κ3) is 2.12. The predicted molar refractivity (Wildman–Crippen MR) is 85.8 cm³/mol. The van der Waals surface area contributed by atoms with Crippen molar-refractivity contribution in [2.45, 2.75) is 13.0 Å². The fourth-order valence-electron chi connectivity index (χ4n) is 2.61. The highest BCUT2D eigenvalue weighted by Gasteiger charge is 2.21. The van der Waals surface area contributed by atoms with Crippen LogP contribution < -0.4 is 0 Å². The third-order valence-corrected chi connectivity index (χ3v) is 3.93. The molecule has 1 atom stereocenters. The molecule has 6 heteroatoms. The number of fused-ring (bicyclic) bond motifs is 3. The van der Waals surface area contributed by atoms with E-state index in [2.05, 4.69) is 9.97 Å². The van der Waals surface area contributed by atoms with E-state index in [1.54, 1.807) is 25.2 Å². The Kier molecular flexibility index (Phi) is 3.25. The summed E-state index contributed by atoms with van der Waals surface area (Å²) < 4.78 is 2.41. The second kappa shape index (κ2) is 4.96. The van der Waals surface area contributed by atoms with Crippen molar-refractivity contribution in [2.24, 2.45) is 0 Å². The van der Waals surface area contributed by atoms with E-state index in [1.807, 2.05) is 35.8 Å². The zero-order chi connectivity index (χ0) is 15.1. The maximum absolute atomic E-state index is 12.3. The average molecular weight is 300 g/mol. The minimum atomic E-state index is -0.368. The number of likely N-dealkylation sites (N-methyl/N-ethyl adjacent to an activating group) is 1. The molecule has 21 heavy (non-hydrogen) atoms. The van der Waals surface area contributed by atoms with E-state index < -0.39 is 0 Å². The molecule has 1 unspecified atom stereocenters. The first-order valence-corrected chi connectivity index (χ1v) is 7.10. The first kappa shape index (κ1) is 13.8. The van der Waals surface area contributed by atoms with E-state index in [9.17, 15) is 4.79 Å². The number of pyridine rings is 1. The van der Waals surface area contributed by atoms with Crippen molar-refractivity contribution in [3.05, 3.63) is 35.2 Å². The van der Waals surface area contributed by atoms with Crippen molar-refractivity contribution >= 4 is 40.1 Å². The number of carbonyl (C=O) groups is 1. The highest BCUT2D eigenvalue weighted by atomic mass is 32.1. The van der Waals surface area contributed by atoms with Crippen molar-refractivity contribution in [3.8, 4) is 0 Å². The summed E-state index contributed by atoms with van der Waals surface area (Å²) in [6.07, 6.45) is 1.76. The number of rotatable bonds is 2. The van der Waals surface area contributed by atoms with Gasteiger partial charge >= 0.3 is 0 Å². The Bertz CT molecular complexity index is 893. The number of para-hydroxylation sites is 1. The molecule has 3 aromatic rings. The molecule has 0 fully saturated rings. The van der Waals surface area contributed by atoms with Gasteiger partial charge in [0.15, 0.2) is 4.77 Å². The lowest BCUT2D eigenvalue weighted by molar-refractivity contribution is -0.131. The molecule has 0 spiro atoms. The summed E-state index contributed by atoms with van der Waals surface area (Å²) in [5, 5.41) is 0.987. The maximum atomic E-state index is 12.3. The quantitative estimate of drug-likeness (QED) is 0.740. The summed E-state index contributed by atoms with van der Waals surface area (Å²) in [7, 11) is 3.49. The number of nitrogens with one attached hydrogen (secondary N) is 1. The van der Waals surface area contributed by atoms with Crippen LogP contribution >= 0.6 is 12.2 Å². The van der Waals surface area contributed by atoms with Crippen LogP contribution in [0.1, 0.15) is 13.0 Å². The van der Waals surface area contributed by atoms with E-state index >= 15 is 0 Å². The van der Waals surface area contributed by atoms with Gasteiger partial charge in [-0.15, -0.1) is 0 Å². The fourth-order valence-corrected chi connectivity index (χ4v) is 2.97. The van der Waals surface area contributed by atoms with Crippen LogP contribution in [0.4, 0.5) is 0 Å². The molecule has 0 aliphatic carbocycles. The Hall–Kier alpha value is -2.21. The fraction of sp³-hybridized carbons (Fsp3) is 0.267. The van der Waals surface area contributed by atoms with Crippen LogP contribution in [0.3, 0.4) is 0 Å². The first-order valence-electron chi connectivity index (χ1n) is 6.70. The number of amides is 1. The van der Waals surface area contributed by atoms with Crippen molar-refractivity contribution in [2.75, 3.05) is 14.1 Å². The van der Waals surface area contributed by atoms with Gasteiger partial charge in [-0.2, -0.15) is 0 Å². The van der Waals surface area contributed by atoms with Crippen LogP contribution in [0.2, 0.25) is 0 Å². The van der Waals surface area contributed by atoms with Crippen LogP contribution in [0.15, 0.2) is 30.5 Å². The molecule has 108 valence electrons. The molecule has 0 radical (unpaired) electrons. The molecule has 0 aliphatic heterocycles. The largest absolute Gasteiger partial charge is 0.347 e. The number of nitrogens with zero attached hydrogens (tertiary/aromatic N) is 3. The SMILES string of the molecule is CC(C(=O)N(C)C)n1c(=S)[nH]c2cnc3ccccc3c21. The number of benzene rings is 1. The van der Waals surface area contributed by atoms with Gasteiger partial charge in [0.05, 0.1) is 22.7 Å². The van der Waals surface area contributed by atoms with Crippen LogP contribution in [0.25, 0.3) is 21.9 Å². The number of carbonyl (C=O) groups excluding carboxylic acids is 1. The molecule has 1 aromatic carbocycles. The Morgan fingerprint density at radius 1 is 1.38 bits per heavy atom. The highest BCUT2D eigenvalue weighted by Crippen LogP contribution is 2.26. The van der Waals surface area contributed by atoms with Crippen molar-refractivity contribution in [3.63, 3.8) is 0 Å². The van der Waals surface area contributed by atoms with Crippen molar-refractivity contribution < 1.29 is 4.79 Å².